The Kier molecular flexibility index (Phi) is 14.0. The quantitative estimate of drug-likeness (QED) is 0.394. The van der Waals surface area contributed by atoms with Gasteiger partial charge in [-0.15, -0.1) is 0 Å². The summed E-state index contributed by atoms with van der Waals surface area (Å²) in [6.07, 6.45) is 0. The van der Waals surface area contributed by atoms with Crippen molar-refractivity contribution in [2.75, 3.05) is 99.4 Å². The SMILES string of the molecule is COCCOCCOCCOCCOCCN1CCOCC1. The lowest BCUT2D eigenvalue weighted by molar-refractivity contribution is -0.0136. The molecule has 0 amide bonds. The molecule has 0 aromatic carbocycles. The second-order valence-electron chi connectivity index (χ2n) is 4.90. The van der Waals surface area contributed by atoms with Gasteiger partial charge in [-0.2, -0.15) is 0 Å². The molecular formula is C15H31NO6. The smallest absolute Gasteiger partial charge is 0.0701 e. The molecule has 0 aromatic rings. The van der Waals surface area contributed by atoms with Crippen molar-refractivity contribution in [3.8, 4) is 0 Å². The fourth-order valence-corrected chi connectivity index (χ4v) is 1.92. The van der Waals surface area contributed by atoms with Crippen molar-refractivity contribution in [2.24, 2.45) is 0 Å². The van der Waals surface area contributed by atoms with E-state index in [2.05, 4.69) is 4.90 Å². The van der Waals surface area contributed by atoms with Crippen LogP contribution in [0.1, 0.15) is 0 Å². The summed E-state index contributed by atoms with van der Waals surface area (Å²) in [5.41, 5.74) is 0. The normalized spacial score (nSPS) is 16.2. The standard InChI is InChI=1S/C15H31NO6/c1-17-8-9-20-12-13-22-15-14-21-11-10-19-7-4-16-2-5-18-6-3-16/h2-15H2,1H3. The number of ether oxygens (including phenoxy) is 6. The van der Waals surface area contributed by atoms with E-state index < -0.39 is 0 Å². The minimum Gasteiger partial charge on any atom is -0.382 e. The van der Waals surface area contributed by atoms with Gasteiger partial charge in [0, 0.05) is 26.7 Å². The fourth-order valence-electron chi connectivity index (χ4n) is 1.92. The predicted molar refractivity (Wildman–Crippen MR) is 82.4 cm³/mol. The van der Waals surface area contributed by atoms with Gasteiger partial charge in [-0.3, -0.25) is 4.90 Å². The van der Waals surface area contributed by atoms with Gasteiger partial charge in [0.1, 0.15) is 0 Å². The van der Waals surface area contributed by atoms with Gasteiger partial charge in [-0.25, -0.2) is 0 Å². The first kappa shape index (κ1) is 19.8. The molecule has 0 spiro atoms. The van der Waals surface area contributed by atoms with Crippen molar-refractivity contribution in [1.29, 1.82) is 0 Å². The third-order valence-corrected chi connectivity index (χ3v) is 3.20. The maximum atomic E-state index is 5.54. The second-order valence-corrected chi connectivity index (χ2v) is 4.90. The fraction of sp³-hybridized carbons (Fsp3) is 1.00. The molecule has 0 radical (unpaired) electrons. The lowest BCUT2D eigenvalue weighted by Gasteiger charge is -2.26. The van der Waals surface area contributed by atoms with Crippen molar-refractivity contribution in [1.82, 2.24) is 4.90 Å². The summed E-state index contributed by atoms with van der Waals surface area (Å²) in [4.78, 5) is 2.35. The number of hydrogen-bond acceptors (Lipinski definition) is 7. The summed E-state index contributed by atoms with van der Waals surface area (Å²) in [5, 5.41) is 0. The van der Waals surface area contributed by atoms with Crippen LogP contribution < -0.4 is 0 Å². The Bertz CT molecular complexity index is 226. The number of hydrogen-bond donors (Lipinski definition) is 0. The Labute approximate surface area is 133 Å². The van der Waals surface area contributed by atoms with Gasteiger partial charge in [-0.1, -0.05) is 0 Å². The third-order valence-electron chi connectivity index (χ3n) is 3.20. The zero-order valence-corrected chi connectivity index (χ0v) is 13.8. The lowest BCUT2D eigenvalue weighted by Crippen LogP contribution is -2.38. The Morgan fingerprint density at radius 1 is 0.682 bits per heavy atom. The van der Waals surface area contributed by atoms with Crippen molar-refractivity contribution >= 4 is 0 Å². The van der Waals surface area contributed by atoms with E-state index >= 15 is 0 Å². The van der Waals surface area contributed by atoms with Crippen molar-refractivity contribution in [3.05, 3.63) is 0 Å². The van der Waals surface area contributed by atoms with Crippen molar-refractivity contribution in [2.45, 2.75) is 0 Å². The monoisotopic (exact) mass is 321 g/mol. The first-order chi connectivity index (χ1) is 10.9. The first-order valence-electron chi connectivity index (χ1n) is 8.03. The van der Waals surface area contributed by atoms with Gasteiger partial charge in [0.15, 0.2) is 0 Å². The lowest BCUT2D eigenvalue weighted by atomic mass is 10.4. The molecule has 0 unspecified atom stereocenters. The molecule has 1 saturated heterocycles. The Morgan fingerprint density at radius 3 is 1.64 bits per heavy atom. The molecule has 7 heteroatoms. The first-order valence-corrected chi connectivity index (χ1v) is 8.03. The van der Waals surface area contributed by atoms with Crippen LogP contribution in [0.5, 0.6) is 0 Å². The number of morpholine rings is 1. The largest absolute Gasteiger partial charge is 0.382 e. The number of nitrogens with zero attached hydrogens (tertiary/aromatic N) is 1. The summed E-state index contributed by atoms with van der Waals surface area (Å²) in [5.74, 6) is 0. The molecule has 132 valence electrons. The van der Waals surface area contributed by atoms with E-state index in [4.69, 9.17) is 28.4 Å². The highest BCUT2D eigenvalue weighted by Crippen LogP contribution is 1.95. The van der Waals surface area contributed by atoms with Gasteiger partial charge >= 0.3 is 0 Å². The molecule has 0 bridgehead atoms. The molecule has 1 fully saturated rings. The molecule has 0 saturated carbocycles. The zero-order chi connectivity index (χ0) is 15.7. The van der Waals surface area contributed by atoms with Gasteiger partial charge < -0.3 is 28.4 Å². The zero-order valence-electron chi connectivity index (χ0n) is 13.8. The minimum absolute atomic E-state index is 0.585. The van der Waals surface area contributed by atoms with E-state index in [9.17, 15) is 0 Å². The Morgan fingerprint density at radius 2 is 1.14 bits per heavy atom. The molecule has 1 rings (SSSR count). The van der Waals surface area contributed by atoms with Crippen LogP contribution in [0.25, 0.3) is 0 Å². The van der Waals surface area contributed by atoms with Gasteiger partial charge in [0.25, 0.3) is 0 Å². The highest BCUT2D eigenvalue weighted by Gasteiger charge is 2.08. The molecule has 22 heavy (non-hydrogen) atoms. The number of rotatable bonds is 15. The van der Waals surface area contributed by atoms with E-state index in [0.29, 0.717) is 52.9 Å². The van der Waals surface area contributed by atoms with E-state index in [1.807, 2.05) is 0 Å². The highest BCUT2D eigenvalue weighted by atomic mass is 16.6. The molecule has 7 nitrogen and oxygen atoms in total. The Hall–Kier alpha value is -0.280. The van der Waals surface area contributed by atoms with E-state index in [0.717, 1.165) is 39.5 Å². The highest BCUT2D eigenvalue weighted by molar-refractivity contribution is 4.60. The van der Waals surface area contributed by atoms with Gasteiger partial charge in [0.05, 0.1) is 72.7 Å². The summed E-state index contributed by atoms with van der Waals surface area (Å²) in [6.45, 7) is 10.2. The average Bonchev–Trinajstić information content (AvgIpc) is 2.56. The van der Waals surface area contributed by atoms with E-state index in [-0.39, 0.29) is 0 Å². The van der Waals surface area contributed by atoms with Crippen LogP contribution in [0.15, 0.2) is 0 Å². The van der Waals surface area contributed by atoms with Crippen LogP contribution in [0.2, 0.25) is 0 Å². The van der Waals surface area contributed by atoms with Crippen LogP contribution in [-0.4, -0.2) is 104 Å². The maximum absolute atomic E-state index is 5.54. The second kappa shape index (κ2) is 15.6. The van der Waals surface area contributed by atoms with Crippen molar-refractivity contribution < 1.29 is 28.4 Å². The summed E-state index contributed by atoms with van der Waals surface area (Å²) in [6, 6.07) is 0. The summed E-state index contributed by atoms with van der Waals surface area (Å²) < 4.78 is 31.8. The van der Waals surface area contributed by atoms with Crippen LogP contribution >= 0.6 is 0 Å². The molecule has 1 heterocycles. The molecule has 1 aliphatic heterocycles. The summed E-state index contributed by atoms with van der Waals surface area (Å²) in [7, 11) is 1.66. The van der Waals surface area contributed by atoms with E-state index in [1.54, 1.807) is 7.11 Å². The third kappa shape index (κ3) is 12.3. The van der Waals surface area contributed by atoms with Crippen LogP contribution in [0.3, 0.4) is 0 Å². The topological polar surface area (TPSA) is 58.6 Å². The summed E-state index contributed by atoms with van der Waals surface area (Å²) >= 11 is 0. The molecule has 0 aromatic heterocycles. The van der Waals surface area contributed by atoms with Gasteiger partial charge in [-0.05, 0) is 0 Å². The van der Waals surface area contributed by atoms with E-state index in [1.165, 1.54) is 0 Å². The van der Waals surface area contributed by atoms with Crippen LogP contribution in [0.4, 0.5) is 0 Å². The molecule has 0 atom stereocenters. The molecule has 0 N–H and O–H groups in total. The maximum Gasteiger partial charge on any atom is 0.0701 e. The van der Waals surface area contributed by atoms with Crippen molar-refractivity contribution in [3.63, 3.8) is 0 Å². The minimum atomic E-state index is 0.585. The average molecular weight is 321 g/mol. The van der Waals surface area contributed by atoms with Gasteiger partial charge in [0.2, 0.25) is 0 Å². The van der Waals surface area contributed by atoms with Crippen LogP contribution in [0, 0.1) is 0 Å². The molecular weight excluding hydrogens is 290 g/mol. The number of methoxy groups -OCH3 is 1. The Balaban J connectivity index is 1.68. The van der Waals surface area contributed by atoms with Crippen LogP contribution in [-0.2, 0) is 28.4 Å². The molecule has 1 aliphatic rings. The predicted octanol–water partition coefficient (Wildman–Crippen LogP) is 0.0314. The molecule has 0 aliphatic carbocycles.